The molecule has 4 N–H and O–H groups in total. The van der Waals surface area contributed by atoms with Crippen molar-refractivity contribution in [2.75, 3.05) is 0 Å². The predicted octanol–water partition coefficient (Wildman–Crippen LogP) is 2.51. The van der Waals surface area contributed by atoms with E-state index >= 15 is 0 Å². The van der Waals surface area contributed by atoms with E-state index in [-0.39, 0.29) is 5.56 Å². The normalized spacial score (nSPS) is 10.3. The number of para-hydroxylation sites is 1. The number of benzene rings is 2. The van der Waals surface area contributed by atoms with Gasteiger partial charge in [0.2, 0.25) is 0 Å². The minimum absolute atomic E-state index is 0.278. The van der Waals surface area contributed by atoms with Crippen LogP contribution in [0.15, 0.2) is 60.8 Å². The number of hydrogen-bond donors (Lipinski definition) is 3. The minimum Gasteiger partial charge on any atom is -0.350 e. The van der Waals surface area contributed by atoms with Gasteiger partial charge in [0, 0.05) is 16.8 Å². The Morgan fingerprint density at radius 3 is 2.32 bits per heavy atom. The number of carbonyl (C=O) groups is 2. The molecule has 0 saturated heterocycles. The van der Waals surface area contributed by atoms with Gasteiger partial charge in [0.05, 0.1) is 11.3 Å². The van der Waals surface area contributed by atoms with Crippen molar-refractivity contribution in [2.45, 2.75) is 0 Å². The van der Waals surface area contributed by atoms with Crippen molar-refractivity contribution in [1.29, 1.82) is 0 Å². The van der Waals surface area contributed by atoms with Crippen LogP contribution in [-0.4, -0.2) is 21.7 Å². The van der Waals surface area contributed by atoms with E-state index in [1.807, 2.05) is 30.3 Å². The Balaban J connectivity index is 2.04. The molecule has 3 rings (SSSR count). The highest BCUT2D eigenvalue weighted by atomic mass is 35.5. The molecular weight excluding hydrogens is 342 g/mol. The molecular formula is C17H14ClN5O2. The van der Waals surface area contributed by atoms with Gasteiger partial charge < -0.3 is 5.73 Å². The van der Waals surface area contributed by atoms with Gasteiger partial charge in [-0.3, -0.25) is 10.2 Å². The fourth-order valence-electron chi connectivity index (χ4n) is 2.26. The van der Waals surface area contributed by atoms with Crippen molar-refractivity contribution in [1.82, 2.24) is 20.6 Å². The van der Waals surface area contributed by atoms with Gasteiger partial charge in [-0.25, -0.2) is 14.9 Å². The van der Waals surface area contributed by atoms with E-state index in [4.69, 9.17) is 17.3 Å². The Labute approximate surface area is 148 Å². The molecule has 1 heterocycles. The zero-order valence-electron chi connectivity index (χ0n) is 12.9. The van der Waals surface area contributed by atoms with Gasteiger partial charge in [-0.2, -0.15) is 5.10 Å². The summed E-state index contributed by atoms with van der Waals surface area (Å²) in [6.45, 7) is 0. The van der Waals surface area contributed by atoms with E-state index in [1.54, 1.807) is 35.1 Å². The summed E-state index contributed by atoms with van der Waals surface area (Å²) in [6, 6.07) is 15.4. The number of amides is 3. The van der Waals surface area contributed by atoms with Crippen LogP contribution in [0.25, 0.3) is 16.9 Å². The highest BCUT2D eigenvalue weighted by Gasteiger charge is 2.19. The maximum Gasteiger partial charge on any atom is 0.330 e. The van der Waals surface area contributed by atoms with Crippen LogP contribution in [0, 0.1) is 0 Å². The smallest absolute Gasteiger partial charge is 0.330 e. The van der Waals surface area contributed by atoms with Gasteiger partial charge in [0.15, 0.2) is 0 Å². The number of hydrazine groups is 1. The summed E-state index contributed by atoms with van der Waals surface area (Å²) >= 11 is 5.92. The number of nitrogens with zero attached hydrogens (tertiary/aromatic N) is 2. The lowest BCUT2D eigenvalue weighted by molar-refractivity contribution is 0.0938. The SMILES string of the molecule is NC(=O)NNC(=O)c1cn(-c2ccccc2)nc1-c1ccc(Cl)cc1. The van der Waals surface area contributed by atoms with E-state index in [2.05, 4.69) is 16.0 Å². The van der Waals surface area contributed by atoms with Crippen LogP contribution in [0.1, 0.15) is 10.4 Å². The molecule has 1 aromatic heterocycles. The summed E-state index contributed by atoms with van der Waals surface area (Å²) in [7, 11) is 0. The molecule has 0 spiro atoms. The average molecular weight is 356 g/mol. The number of carbonyl (C=O) groups excluding carboxylic acids is 2. The largest absolute Gasteiger partial charge is 0.350 e. The van der Waals surface area contributed by atoms with Gasteiger partial charge in [0.25, 0.3) is 5.91 Å². The van der Waals surface area contributed by atoms with E-state index in [0.717, 1.165) is 5.69 Å². The lowest BCUT2D eigenvalue weighted by atomic mass is 10.1. The van der Waals surface area contributed by atoms with E-state index in [9.17, 15) is 9.59 Å². The molecule has 0 atom stereocenters. The quantitative estimate of drug-likeness (QED) is 0.629. The summed E-state index contributed by atoms with van der Waals surface area (Å²) in [5.74, 6) is -0.536. The molecule has 2 aromatic carbocycles. The zero-order valence-corrected chi connectivity index (χ0v) is 13.7. The minimum atomic E-state index is -0.864. The summed E-state index contributed by atoms with van der Waals surface area (Å²) in [5.41, 5.74) is 11.5. The molecule has 7 nitrogen and oxygen atoms in total. The molecule has 0 aliphatic carbocycles. The first-order chi connectivity index (χ1) is 12.0. The van der Waals surface area contributed by atoms with Crippen LogP contribution in [0.5, 0.6) is 0 Å². The number of rotatable bonds is 3. The van der Waals surface area contributed by atoms with E-state index in [1.165, 1.54) is 0 Å². The van der Waals surface area contributed by atoms with Crippen LogP contribution >= 0.6 is 11.6 Å². The fraction of sp³-hybridized carbons (Fsp3) is 0. The Morgan fingerprint density at radius 2 is 1.68 bits per heavy atom. The second-order valence-corrected chi connectivity index (χ2v) is 5.56. The second kappa shape index (κ2) is 7.06. The van der Waals surface area contributed by atoms with Crippen molar-refractivity contribution < 1.29 is 9.59 Å². The molecule has 0 unspecified atom stereocenters. The van der Waals surface area contributed by atoms with Gasteiger partial charge in [-0.1, -0.05) is 41.9 Å². The number of halogens is 1. The molecule has 0 radical (unpaired) electrons. The summed E-state index contributed by atoms with van der Waals surface area (Å²) in [5, 5.41) is 5.07. The monoisotopic (exact) mass is 355 g/mol. The molecule has 0 aliphatic rings. The molecule has 0 fully saturated rings. The highest BCUT2D eigenvalue weighted by Crippen LogP contribution is 2.25. The standard InChI is InChI=1S/C17H14ClN5O2/c18-12-8-6-11(7-9-12)15-14(16(24)20-21-17(19)25)10-23(22-15)13-4-2-1-3-5-13/h1-10H,(H,20,24)(H3,19,21,25). The third-order valence-corrected chi connectivity index (χ3v) is 3.65. The van der Waals surface area contributed by atoms with Crippen LogP contribution in [0.2, 0.25) is 5.02 Å². The number of urea groups is 1. The number of aromatic nitrogens is 2. The van der Waals surface area contributed by atoms with E-state index in [0.29, 0.717) is 16.3 Å². The Morgan fingerprint density at radius 1 is 1.00 bits per heavy atom. The molecule has 3 amide bonds. The Hall–Kier alpha value is -3.32. The molecule has 0 bridgehead atoms. The van der Waals surface area contributed by atoms with Crippen molar-refractivity contribution in [3.63, 3.8) is 0 Å². The summed E-state index contributed by atoms with van der Waals surface area (Å²) < 4.78 is 1.59. The zero-order chi connectivity index (χ0) is 17.8. The number of nitrogens with two attached hydrogens (primary N) is 1. The van der Waals surface area contributed by atoms with E-state index < -0.39 is 11.9 Å². The first-order valence-electron chi connectivity index (χ1n) is 7.31. The van der Waals surface area contributed by atoms with Gasteiger partial charge in [-0.15, -0.1) is 0 Å². The van der Waals surface area contributed by atoms with Crippen LogP contribution < -0.4 is 16.6 Å². The molecule has 0 saturated carbocycles. The third-order valence-electron chi connectivity index (χ3n) is 3.40. The first-order valence-corrected chi connectivity index (χ1v) is 7.69. The predicted molar refractivity (Wildman–Crippen MR) is 94.2 cm³/mol. The number of hydrogen-bond acceptors (Lipinski definition) is 3. The topological polar surface area (TPSA) is 102 Å². The van der Waals surface area contributed by atoms with Crippen molar-refractivity contribution >= 4 is 23.5 Å². The summed E-state index contributed by atoms with van der Waals surface area (Å²) in [4.78, 5) is 23.2. The first kappa shape index (κ1) is 16.5. The van der Waals surface area contributed by atoms with Gasteiger partial charge >= 0.3 is 6.03 Å². The highest BCUT2D eigenvalue weighted by molar-refractivity contribution is 6.30. The van der Waals surface area contributed by atoms with Gasteiger partial charge in [0.1, 0.15) is 5.69 Å². The Kier molecular flexibility index (Phi) is 4.67. The summed E-state index contributed by atoms with van der Waals surface area (Å²) in [6.07, 6.45) is 1.58. The van der Waals surface area contributed by atoms with Crippen LogP contribution in [-0.2, 0) is 0 Å². The third kappa shape index (κ3) is 3.78. The van der Waals surface area contributed by atoms with Crippen LogP contribution in [0.3, 0.4) is 0 Å². The molecule has 126 valence electrons. The Bertz CT molecular complexity index is 907. The fourth-order valence-corrected chi connectivity index (χ4v) is 2.39. The molecule has 0 aliphatic heterocycles. The van der Waals surface area contributed by atoms with Crippen LogP contribution in [0.4, 0.5) is 4.79 Å². The van der Waals surface area contributed by atoms with Crippen molar-refractivity contribution in [2.24, 2.45) is 5.73 Å². The second-order valence-electron chi connectivity index (χ2n) is 5.12. The number of nitrogens with one attached hydrogen (secondary N) is 2. The molecule has 8 heteroatoms. The average Bonchev–Trinajstić information content (AvgIpc) is 3.06. The number of primary amides is 1. The molecule has 25 heavy (non-hydrogen) atoms. The van der Waals surface area contributed by atoms with Crippen molar-refractivity contribution in [3.05, 3.63) is 71.4 Å². The van der Waals surface area contributed by atoms with Crippen molar-refractivity contribution in [3.8, 4) is 16.9 Å². The lowest BCUT2D eigenvalue weighted by Gasteiger charge is -2.05. The maximum atomic E-state index is 12.4. The molecule has 3 aromatic rings. The lowest BCUT2D eigenvalue weighted by Crippen LogP contribution is -2.44. The van der Waals surface area contributed by atoms with Gasteiger partial charge in [-0.05, 0) is 24.3 Å². The maximum absolute atomic E-state index is 12.4.